The number of carboxylic acid groups (broad SMARTS) is 1. The summed E-state index contributed by atoms with van der Waals surface area (Å²) in [6, 6.07) is 18.0. The second-order valence-electron chi connectivity index (χ2n) is 7.55. The number of methoxy groups -OCH3 is 1. The van der Waals surface area contributed by atoms with Crippen molar-refractivity contribution in [1.29, 1.82) is 0 Å². The fourth-order valence-corrected chi connectivity index (χ4v) is 3.75. The third-order valence-corrected chi connectivity index (χ3v) is 5.59. The molecule has 13 heteroatoms. The second kappa shape index (κ2) is 16.5. The van der Waals surface area contributed by atoms with E-state index in [4.69, 9.17) is 27.2 Å². The van der Waals surface area contributed by atoms with Crippen molar-refractivity contribution in [2.24, 2.45) is 5.73 Å². The van der Waals surface area contributed by atoms with Crippen LogP contribution in [-0.2, 0) is 11.2 Å². The van der Waals surface area contributed by atoms with Crippen LogP contribution in [0.2, 0.25) is 5.02 Å². The standard InChI is InChI=1S/C19H16ClNO4.C7H7NO2.Na.3H2O.H/c1-11-15(10-18(22)23)16-9-14(25-2)7-8-17(16)21(11)19(24)12-3-5-13(20)6-4-12;8-7(10)5-3-1-2-4-6(5)9;;;;;/h3-9H,10H2,1-2H3,(H,22,23);1-4,9H,(H2,8,10);;3*1H2;. The van der Waals surface area contributed by atoms with E-state index in [2.05, 4.69) is 0 Å². The monoisotopic (exact) mass is 572 g/mol. The van der Waals surface area contributed by atoms with E-state index in [-0.39, 0.29) is 69.6 Å². The van der Waals surface area contributed by atoms with E-state index in [1.165, 1.54) is 16.7 Å². The van der Waals surface area contributed by atoms with E-state index in [0.717, 1.165) is 0 Å². The Labute approximate surface area is 251 Å². The van der Waals surface area contributed by atoms with Gasteiger partial charge in [-0.15, -0.1) is 0 Å². The van der Waals surface area contributed by atoms with Gasteiger partial charge in [0.2, 0.25) is 0 Å². The molecule has 1 aromatic heterocycles. The number of phenols is 1. The summed E-state index contributed by atoms with van der Waals surface area (Å²) in [5, 5.41) is 19.5. The van der Waals surface area contributed by atoms with Crippen molar-refractivity contribution in [3.05, 3.63) is 94.1 Å². The van der Waals surface area contributed by atoms with Gasteiger partial charge >= 0.3 is 35.5 Å². The molecule has 0 radical (unpaired) electrons. The Morgan fingerprint density at radius 2 is 1.56 bits per heavy atom. The minimum atomic E-state index is -0.955. The van der Waals surface area contributed by atoms with Crippen molar-refractivity contribution in [1.82, 2.24) is 4.57 Å². The summed E-state index contributed by atoms with van der Waals surface area (Å²) in [4.78, 5) is 34.7. The number of nitrogens with zero attached hydrogens (tertiary/aromatic N) is 1. The number of aromatic hydroxyl groups is 1. The molecule has 0 aliphatic carbocycles. The molecule has 1 heterocycles. The fourth-order valence-electron chi connectivity index (χ4n) is 3.63. The minimum absolute atomic E-state index is 0. The molecule has 39 heavy (non-hydrogen) atoms. The molecule has 3 aromatic carbocycles. The van der Waals surface area contributed by atoms with Crippen molar-refractivity contribution < 1.29 is 45.8 Å². The van der Waals surface area contributed by atoms with Crippen molar-refractivity contribution in [2.75, 3.05) is 7.11 Å². The summed E-state index contributed by atoms with van der Waals surface area (Å²) in [6.07, 6.45) is -0.170. The number of fused-ring (bicyclic) bond motifs is 1. The van der Waals surface area contributed by atoms with Crippen LogP contribution < -0.4 is 10.5 Å². The zero-order valence-electron chi connectivity index (χ0n) is 20.5. The molecule has 206 valence electrons. The van der Waals surface area contributed by atoms with Crippen LogP contribution in [0.25, 0.3) is 10.9 Å². The fraction of sp³-hybridized carbons (Fsp3) is 0.115. The SMILES string of the molecule is COc1ccc2c(c1)c(CC(=O)O)c(C)n2C(=O)c1ccc(Cl)cc1.NC(=O)c1ccccc1O.O.O.O.[NaH]. The Morgan fingerprint density at radius 1 is 0.974 bits per heavy atom. The number of halogens is 1. The first-order chi connectivity index (χ1) is 16.6. The second-order valence-corrected chi connectivity index (χ2v) is 7.98. The van der Waals surface area contributed by atoms with Crippen LogP contribution >= 0.6 is 11.6 Å². The number of rotatable bonds is 5. The van der Waals surface area contributed by atoms with Gasteiger partial charge in [0, 0.05) is 21.7 Å². The zero-order valence-corrected chi connectivity index (χ0v) is 21.2. The third-order valence-electron chi connectivity index (χ3n) is 5.33. The summed E-state index contributed by atoms with van der Waals surface area (Å²) >= 11 is 5.89. The van der Waals surface area contributed by atoms with Crippen molar-refractivity contribution in [3.63, 3.8) is 0 Å². The molecule has 0 saturated carbocycles. The van der Waals surface area contributed by atoms with Crippen LogP contribution in [0.5, 0.6) is 11.5 Å². The molecular formula is C26H30ClN2NaO9. The van der Waals surface area contributed by atoms with Gasteiger partial charge in [-0.05, 0) is 67.1 Å². The predicted molar refractivity (Wildman–Crippen MR) is 150 cm³/mol. The summed E-state index contributed by atoms with van der Waals surface area (Å²) in [6.45, 7) is 1.75. The van der Waals surface area contributed by atoms with Gasteiger partial charge in [-0.2, -0.15) is 0 Å². The first-order valence-corrected chi connectivity index (χ1v) is 10.8. The number of nitrogens with two attached hydrogens (primary N) is 1. The molecule has 10 N–H and O–H groups in total. The molecule has 11 nitrogen and oxygen atoms in total. The van der Waals surface area contributed by atoms with Crippen molar-refractivity contribution in [2.45, 2.75) is 13.3 Å². The van der Waals surface area contributed by atoms with Gasteiger partial charge in [0.25, 0.3) is 11.8 Å². The molecule has 1 amide bonds. The van der Waals surface area contributed by atoms with Crippen LogP contribution in [0.4, 0.5) is 0 Å². The van der Waals surface area contributed by atoms with Crippen molar-refractivity contribution in [3.8, 4) is 11.5 Å². The number of hydrogen-bond acceptors (Lipinski definition) is 5. The van der Waals surface area contributed by atoms with Crippen LogP contribution in [0.15, 0.2) is 66.7 Å². The van der Waals surface area contributed by atoms with Crippen LogP contribution in [0.3, 0.4) is 0 Å². The summed E-state index contributed by atoms with van der Waals surface area (Å²) in [5.74, 6) is -1.27. The summed E-state index contributed by atoms with van der Waals surface area (Å²) in [5.41, 5.74) is 7.40. The molecule has 0 aliphatic heterocycles. The first kappa shape index (κ1) is 37.7. The predicted octanol–water partition coefficient (Wildman–Crippen LogP) is 1.30. The number of aromatic nitrogens is 1. The van der Waals surface area contributed by atoms with Gasteiger partial charge in [-0.1, -0.05) is 23.7 Å². The van der Waals surface area contributed by atoms with Gasteiger partial charge in [0.15, 0.2) is 0 Å². The maximum atomic E-state index is 13.0. The molecule has 0 spiro atoms. The Bertz CT molecular complexity index is 1420. The van der Waals surface area contributed by atoms with E-state index in [0.29, 0.717) is 38.5 Å². The van der Waals surface area contributed by atoms with E-state index in [1.54, 1.807) is 68.6 Å². The number of ether oxygens (including phenoxy) is 1. The number of aliphatic carboxylic acids is 1. The molecular weight excluding hydrogens is 543 g/mol. The maximum absolute atomic E-state index is 13.0. The topological polar surface area (TPSA) is 226 Å². The zero-order chi connectivity index (χ0) is 25.7. The van der Waals surface area contributed by atoms with E-state index in [1.807, 2.05) is 0 Å². The quantitative estimate of drug-likeness (QED) is 0.298. The van der Waals surface area contributed by atoms with E-state index < -0.39 is 11.9 Å². The van der Waals surface area contributed by atoms with Gasteiger partial charge in [0.05, 0.1) is 24.6 Å². The normalized spacial score (nSPS) is 9.31. The average molecular weight is 573 g/mol. The number of para-hydroxylation sites is 1. The van der Waals surface area contributed by atoms with E-state index >= 15 is 0 Å². The molecule has 0 bridgehead atoms. The molecule has 4 rings (SSSR count). The number of amides is 1. The summed E-state index contributed by atoms with van der Waals surface area (Å²) < 4.78 is 6.77. The Kier molecular flexibility index (Phi) is 16.0. The number of carbonyl (C=O) groups excluding carboxylic acids is 2. The van der Waals surface area contributed by atoms with Gasteiger partial charge in [0.1, 0.15) is 11.5 Å². The molecule has 0 aliphatic rings. The third kappa shape index (κ3) is 8.80. The molecule has 0 fully saturated rings. The van der Waals surface area contributed by atoms with Crippen LogP contribution in [0.1, 0.15) is 32.0 Å². The Hall–Kier alpha value is -3.42. The number of carbonyl (C=O) groups is 3. The van der Waals surface area contributed by atoms with Gasteiger partial charge in [-0.3, -0.25) is 19.0 Å². The Balaban J connectivity index is 0. The number of carboxylic acids is 1. The molecule has 0 saturated heterocycles. The number of benzene rings is 3. The number of primary amides is 1. The van der Waals surface area contributed by atoms with Crippen LogP contribution in [0, 0.1) is 6.92 Å². The molecule has 4 aromatic rings. The average Bonchev–Trinajstić information content (AvgIpc) is 3.09. The molecule has 0 unspecified atom stereocenters. The van der Waals surface area contributed by atoms with Gasteiger partial charge < -0.3 is 37.1 Å². The van der Waals surface area contributed by atoms with Crippen LogP contribution in [-0.4, -0.2) is 85.7 Å². The van der Waals surface area contributed by atoms with E-state index in [9.17, 15) is 19.5 Å². The number of hydrogen-bond donors (Lipinski definition) is 3. The first-order valence-electron chi connectivity index (χ1n) is 10.4. The van der Waals surface area contributed by atoms with Gasteiger partial charge in [-0.25, -0.2) is 0 Å². The Morgan fingerprint density at radius 3 is 2.05 bits per heavy atom. The molecule has 0 atom stereocenters. The summed E-state index contributed by atoms with van der Waals surface area (Å²) in [7, 11) is 1.54. The van der Waals surface area contributed by atoms with Crippen molar-refractivity contribution >= 4 is 69.8 Å².